The molecule has 0 aromatic rings. The predicted octanol–water partition coefficient (Wildman–Crippen LogP) is 0.591. The molecule has 2 atom stereocenters. The van der Waals surface area contributed by atoms with Gasteiger partial charge >= 0.3 is 0 Å². The van der Waals surface area contributed by atoms with Gasteiger partial charge in [-0.2, -0.15) is 0 Å². The fourth-order valence-electron chi connectivity index (χ4n) is 4.14. The number of fused-ring (bicyclic) bond motifs is 1. The standard InChI is InChI=1S/C15H26N2O4S/c1-22(19,20)16-9-15-10-17(7-13(15)8-21-11-15)14(18)6-12-4-2-3-5-12/h12-13,16H,2-11H2,1H3/t13-,15+/m1/s1. The maximum Gasteiger partial charge on any atom is 0.222 e. The molecule has 0 aromatic heterocycles. The third-order valence-corrected chi connectivity index (χ3v) is 6.17. The minimum atomic E-state index is -3.22. The highest BCUT2D eigenvalue weighted by atomic mass is 32.2. The molecule has 1 N–H and O–H groups in total. The minimum Gasteiger partial charge on any atom is -0.380 e. The average Bonchev–Trinajstić information content (AvgIpc) is 3.09. The summed E-state index contributed by atoms with van der Waals surface area (Å²) in [4.78, 5) is 14.5. The van der Waals surface area contributed by atoms with Gasteiger partial charge in [0.05, 0.1) is 19.5 Å². The lowest BCUT2D eigenvalue weighted by atomic mass is 9.81. The van der Waals surface area contributed by atoms with E-state index in [0.29, 0.717) is 45.2 Å². The third-order valence-electron chi connectivity index (χ3n) is 5.50. The predicted molar refractivity (Wildman–Crippen MR) is 82.7 cm³/mol. The second kappa shape index (κ2) is 6.09. The highest BCUT2D eigenvalue weighted by Gasteiger charge is 2.51. The van der Waals surface area contributed by atoms with E-state index in [1.807, 2.05) is 4.90 Å². The SMILES string of the molecule is CS(=O)(=O)NC[C@]12COC[C@H]1CN(C(=O)CC1CCCC1)C2. The third kappa shape index (κ3) is 3.46. The number of rotatable bonds is 5. The Balaban J connectivity index is 1.61. The van der Waals surface area contributed by atoms with Crippen LogP contribution < -0.4 is 4.72 Å². The van der Waals surface area contributed by atoms with E-state index in [-0.39, 0.29) is 17.2 Å². The Hall–Kier alpha value is -0.660. The first-order chi connectivity index (χ1) is 10.4. The van der Waals surface area contributed by atoms with Gasteiger partial charge in [-0.3, -0.25) is 4.79 Å². The molecular weight excluding hydrogens is 304 g/mol. The lowest BCUT2D eigenvalue weighted by Gasteiger charge is -2.27. The van der Waals surface area contributed by atoms with Crippen LogP contribution in [0.5, 0.6) is 0 Å². The molecule has 22 heavy (non-hydrogen) atoms. The molecule has 126 valence electrons. The smallest absolute Gasteiger partial charge is 0.222 e. The largest absolute Gasteiger partial charge is 0.380 e. The highest BCUT2D eigenvalue weighted by molar-refractivity contribution is 7.88. The molecule has 0 aromatic carbocycles. The van der Waals surface area contributed by atoms with Crippen LogP contribution in [0.1, 0.15) is 32.1 Å². The van der Waals surface area contributed by atoms with Crippen LogP contribution in [-0.2, 0) is 19.6 Å². The quantitative estimate of drug-likeness (QED) is 0.800. The van der Waals surface area contributed by atoms with Crippen molar-refractivity contribution in [3.8, 4) is 0 Å². The number of carbonyl (C=O) groups excluding carboxylic acids is 1. The van der Waals surface area contributed by atoms with E-state index in [1.54, 1.807) is 0 Å². The van der Waals surface area contributed by atoms with E-state index >= 15 is 0 Å². The number of carbonyl (C=O) groups is 1. The van der Waals surface area contributed by atoms with E-state index in [1.165, 1.54) is 31.9 Å². The second-order valence-corrected chi connectivity index (χ2v) is 9.13. The molecule has 3 aliphatic rings. The molecule has 1 aliphatic carbocycles. The maximum atomic E-state index is 12.5. The average molecular weight is 330 g/mol. The minimum absolute atomic E-state index is 0.236. The van der Waals surface area contributed by atoms with Crippen LogP contribution in [0.2, 0.25) is 0 Å². The Labute approximate surface area is 132 Å². The lowest BCUT2D eigenvalue weighted by Crippen LogP contribution is -2.43. The van der Waals surface area contributed by atoms with Gasteiger partial charge in [0.2, 0.25) is 15.9 Å². The number of hydrogen-bond donors (Lipinski definition) is 1. The van der Waals surface area contributed by atoms with Gasteiger partial charge in [0, 0.05) is 37.4 Å². The van der Waals surface area contributed by atoms with E-state index in [0.717, 1.165) is 0 Å². The topological polar surface area (TPSA) is 75.7 Å². The summed E-state index contributed by atoms with van der Waals surface area (Å²) < 4.78 is 31.0. The van der Waals surface area contributed by atoms with Crippen molar-refractivity contribution in [1.29, 1.82) is 0 Å². The van der Waals surface area contributed by atoms with Crippen molar-refractivity contribution < 1.29 is 17.9 Å². The van der Waals surface area contributed by atoms with Gasteiger partial charge in [0.1, 0.15) is 0 Å². The Morgan fingerprint density at radius 3 is 2.77 bits per heavy atom. The molecule has 0 unspecified atom stereocenters. The van der Waals surface area contributed by atoms with Crippen molar-refractivity contribution in [2.24, 2.45) is 17.3 Å². The van der Waals surface area contributed by atoms with Crippen molar-refractivity contribution in [3.05, 3.63) is 0 Å². The molecule has 7 heteroatoms. The fourth-order valence-corrected chi connectivity index (χ4v) is 4.69. The number of hydrogen-bond acceptors (Lipinski definition) is 4. The Kier molecular flexibility index (Phi) is 4.49. The van der Waals surface area contributed by atoms with Gasteiger partial charge in [0.25, 0.3) is 0 Å². The summed E-state index contributed by atoms with van der Waals surface area (Å²) >= 11 is 0. The number of amides is 1. The van der Waals surface area contributed by atoms with Crippen LogP contribution in [0.25, 0.3) is 0 Å². The first kappa shape index (κ1) is 16.2. The zero-order valence-electron chi connectivity index (χ0n) is 13.2. The van der Waals surface area contributed by atoms with E-state index < -0.39 is 10.0 Å². The van der Waals surface area contributed by atoms with Crippen LogP contribution in [0.15, 0.2) is 0 Å². The number of nitrogens with zero attached hydrogens (tertiary/aromatic N) is 1. The van der Waals surface area contributed by atoms with E-state index in [2.05, 4.69) is 4.72 Å². The first-order valence-electron chi connectivity index (χ1n) is 8.18. The van der Waals surface area contributed by atoms with Crippen molar-refractivity contribution >= 4 is 15.9 Å². The summed E-state index contributed by atoms with van der Waals surface area (Å²) in [5.41, 5.74) is -0.242. The summed E-state index contributed by atoms with van der Waals surface area (Å²) in [5, 5.41) is 0. The molecule has 3 fully saturated rings. The number of nitrogens with one attached hydrogen (secondary N) is 1. The van der Waals surface area contributed by atoms with Crippen molar-refractivity contribution in [2.75, 3.05) is 39.1 Å². The van der Waals surface area contributed by atoms with Gasteiger partial charge in [-0.05, 0) is 18.8 Å². The second-order valence-electron chi connectivity index (χ2n) is 7.30. The first-order valence-corrected chi connectivity index (χ1v) is 10.1. The van der Waals surface area contributed by atoms with E-state index in [9.17, 15) is 13.2 Å². The van der Waals surface area contributed by atoms with Crippen molar-refractivity contribution in [3.63, 3.8) is 0 Å². The van der Waals surface area contributed by atoms with Gasteiger partial charge in [-0.15, -0.1) is 0 Å². The molecule has 2 heterocycles. The van der Waals surface area contributed by atoms with Gasteiger partial charge in [-0.25, -0.2) is 13.1 Å². The summed E-state index contributed by atoms with van der Waals surface area (Å²) in [6.45, 7) is 2.85. The van der Waals surface area contributed by atoms with Gasteiger partial charge < -0.3 is 9.64 Å². The molecule has 6 nitrogen and oxygen atoms in total. The Morgan fingerprint density at radius 1 is 1.36 bits per heavy atom. The zero-order valence-corrected chi connectivity index (χ0v) is 14.0. The maximum absolute atomic E-state index is 12.5. The summed E-state index contributed by atoms with van der Waals surface area (Å²) in [6, 6.07) is 0. The molecule has 3 rings (SSSR count). The highest BCUT2D eigenvalue weighted by Crippen LogP contribution is 2.41. The van der Waals surface area contributed by atoms with Gasteiger partial charge in [-0.1, -0.05) is 12.8 Å². The normalized spacial score (nSPS) is 32.6. The molecule has 2 aliphatic heterocycles. The lowest BCUT2D eigenvalue weighted by molar-refractivity contribution is -0.131. The molecule has 2 saturated heterocycles. The fraction of sp³-hybridized carbons (Fsp3) is 0.933. The van der Waals surface area contributed by atoms with Crippen LogP contribution >= 0.6 is 0 Å². The number of sulfonamides is 1. The van der Waals surface area contributed by atoms with Crippen molar-refractivity contribution in [2.45, 2.75) is 32.1 Å². The summed E-state index contributed by atoms with van der Waals surface area (Å²) in [5.74, 6) is 1.03. The molecule has 0 radical (unpaired) electrons. The Morgan fingerprint density at radius 2 is 2.09 bits per heavy atom. The van der Waals surface area contributed by atoms with Crippen LogP contribution in [0, 0.1) is 17.3 Å². The van der Waals surface area contributed by atoms with Crippen LogP contribution in [0.3, 0.4) is 0 Å². The van der Waals surface area contributed by atoms with Crippen molar-refractivity contribution in [1.82, 2.24) is 9.62 Å². The van der Waals surface area contributed by atoms with E-state index in [4.69, 9.17) is 4.74 Å². The molecular formula is C15H26N2O4S. The number of ether oxygens (including phenoxy) is 1. The molecule has 1 amide bonds. The van der Waals surface area contributed by atoms with Crippen LogP contribution in [0.4, 0.5) is 0 Å². The van der Waals surface area contributed by atoms with Gasteiger partial charge in [0.15, 0.2) is 0 Å². The molecule has 0 spiro atoms. The zero-order chi connectivity index (χ0) is 15.8. The Bertz CT molecular complexity index is 530. The summed E-state index contributed by atoms with van der Waals surface area (Å²) in [6.07, 6.45) is 6.67. The molecule has 0 bridgehead atoms. The molecule has 1 saturated carbocycles. The number of likely N-dealkylation sites (tertiary alicyclic amines) is 1. The monoisotopic (exact) mass is 330 g/mol. The summed E-state index contributed by atoms with van der Waals surface area (Å²) in [7, 11) is -3.22. The van der Waals surface area contributed by atoms with Crippen LogP contribution in [-0.4, -0.2) is 58.3 Å².